The minimum atomic E-state index is -4.12. The molecule has 2 aromatic rings. The van der Waals surface area contributed by atoms with E-state index in [4.69, 9.17) is 4.74 Å². The molecule has 0 atom stereocenters. The van der Waals surface area contributed by atoms with Gasteiger partial charge in [-0.25, -0.2) is 12.7 Å². The number of aryl methyl sites for hydroxylation is 1. The number of amides is 2. The van der Waals surface area contributed by atoms with Gasteiger partial charge in [0.2, 0.25) is 5.91 Å². The molecule has 0 aliphatic carbocycles. The van der Waals surface area contributed by atoms with Crippen LogP contribution in [0.2, 0.25) is 0 Å². The number of carbonyl (C=O) groups excluding carboxylic acids is 2. The normalized spacial score (nSPS) is 15.6. The van der Waals surface area contributed by atoms with Gasteiger partial charge in [-0.15, -0.1) is 0 Å². The second-order valence-corrected chi connectivity index (χ2v) is 8.56. The third-order valence-electron chi connectivity index (χ3n) is 4.65. The van der Waals surface area contributed by atoms with E-state index in [1.807, 2.05) is 31.2 Å². The summed E-state index contributed by atoms with van der Waals surface area (Å²) >= 11 is 0. The average Bonchev–Trinajstić information content (AvgIpc) is 2.86. The molecule has 3 rings (SSSR count). The maximum Gasteiger partial charge on any atom is 0.268 e. The lowest BCUT2D eigenvalue weighted by Gasteiger charge is -2.16. The van der Waals surface area contributed by atoms with Gasteiger partial charge in [-0.2, -0.15) is 0 Å². The first kappa shape index (κ1) is 20.6. The predicted octanol–water partition coefficient (Wildman–Crippen LogP) is 2.22. The van der Waals surface area contributed by atoms with Gasteiger partial charge in [-0.05, 0) is 49.2 Å². The van der Waals surface area contributed by atoms with Crippen LogP contribution in [0.5, 0.6) is 5.75 Å². The lowest BCUT2D eigenvalue weighted by Crippen LogP contribution is -2.40. The van der Waals surface area contributed by atoms with Crippen molar-refractivity contribution in [1.29, 1.82) is 0 Å². The van der Waals surface area contributed by atoms with Crippen molar-refractivity contribution in [2.75, 3.05) is 13.7 Å². The summed E-state index contributed by atoms with van der Waals surface area (Å²) in [6, 6.07) is 14.0. The Balaban J connectivity index is 1.75. The van der Waals surface area contributed by atoms with Crippen LogP contribution in [0.1, 0.15) is 23.6 Å². The molecular weight excluding hydrogens is 392 g/mol. The fraction of sp³-hybridized carbons (Fsp3) is 0.238. The van der Waals surface area contributed by atoms with E-state index >= 15 is 0 Å². The molecule has 0 spiro atoms. The van der Waals surface area contributed by atoms with Crippen molar-refractivity contribution in [3.05, 3.63) is 70.8 Å². The third-order valence-corrected chi connectivity index (χ3v) is 6.58. The molecule has 2 aromatic carbocycles. The van der Waals surface area contributed by atoms with Gasteiger partial charge in [-0.1, -0.05) is 29.8 Å². The second-order valence-electron chi connectivity index (χ2n) is 6.77. The zero-order valence-corrected chi connectivity index (χ0v) is 17.2. The Morgan fingerprint density at radius 3 is 2.41 bits per heavy atom. The highest BCUT2D eigenvalue weighted by Crippen LogP contribution is 2.35. The zero-order chi connectivity index (χ0) is 21.2. The van der Waals surface area contributed by atoms with Crippen molar-refractivity contribution < 1.29 is 22.7 Å². The van der Waals surface area contributed by atoms with Crippen LogP contribution in [0.3, 0.4) is 0 Å². The Morgan fingerprint density at radius 2 is 1.79 bits per heavy atom. The standard InChI is InChI=1S/C21H22N2O5S/c1-14-5-4-6-16(11-14)12-22-19(24)13-23-21(25)15(2)20(29(23,26)27)17-7-9-18(28-3)10-8-17/h4-11H,12-13H2,1-3H3,(H,22,24). The van der Waals surface area contributed by atoms with Crippen LogP contribution in [0.25, 0.3) is 4.91 Å². The highest BCUT2D eigenvalue weighted by Gasteiger charge is 2.43. The molecule has 1 aliphatic heterocycles. The van der Waals surface area contributed by atoms with Crippen LogP contribution < -0.4 is 10.1 Å². The minimum Gasteiger partial charge on any atom is -0.497 e. The lowest BCUT2D eigenvalue weighted by atomic mass is 10.1. The number of benzene rings is 2. The SMILES string of the molecule is COc1ccc(C2=C(C)C(=O)N(CC(=O)NCc3cccc(C)c3)S2(=O)=O)cc1. The maximum atomic E-state index is 13.0. The summed E-state index contributed by atoms with van der Waals surface area (Å²) in [5.41, 5.74) is 2.40. The molecule has 0 radical (unpaired) electrons. The van der Waals surface area contributed by atoms with Crippen LogP contribution >= 0.6 is 0 Å². The molecule has 0 aromatic heterocycles. The van der Waals surface area contributed by atoms with Crippen LogP contribution in [-0.4, -0.2) is 38.2 Å². The minimum absolute atomic E-state index is 0.0849. The number of nitrogens with one attached hydrogen (secondary N) is 1. The Bertz CT molecular complexity index is 1090. The Hall–Kier alpha value is -3.13. The topological polar surface area (TPSA) is 92.8 Å². The predicted molar refractivity (Wildman–Crippen MR) is 109 cm³/mol. The highest BCUT2D eigenvalue weighted by molar-refractivity contribution is 7.99. The van der Waals surface area contributed by atoms with E-state index in [2.05, 4.69) is 5.32 Å². The molecule has 1 N–H and O–H groups in total. The van der Waals surface area contributed by atoms with Gasteiger partial charge in [0, 0.05) is 12.1 Å². The lowest BCUT2D eigenvalue weighted by molar-refractivity contribution is -0.128. The van der Waals surface area contributed by atoms with Crippen molar-refractivity contribution in [3.8, 4) is 5.75 Å². The van der Waals surface area contributed by atoms with Crippen LogP contribution in [-0.2, 0) is 26.2 Å². The first-order chi connectivity index (χ1) is 13.7. The number of rotatable bonds is 6. The summed E-state index contributed by atoms with van der Waals surface area (Å²) in [6.07, 6.45) is 0. The fourth-order valence-electron chi connectivity index (χ4n) is 3.17. The fourth-order valence-corrected chi connectivity index (χ4v) is 4.94. The molecule has 0 saturated heterocycles. The molecular formula is C21H22N2O5S. The molecule has 2 amide bonds. The van der Waals surface area contributed by atoms with E-state index < -0.39 is 28.4 Å². The molecule has 0 bridgehead atoms. The number of nitrogens with zero attached hydrogens (tertiary/aromatic N) is 1. The number of sulfonamides is 1. The van der Waals surface area contributed by atoms with Crippen molar-refractivity contribution in [3.63, 3.8) is 0 Å². The van der Waals surface area contributed by atoms with Crippen LogP contribution in [0.15, 0.2) is 54.1 Å². The van der Waals surface area contributed by atoms with E-state index in [9.17, 15) is 18.0 Å². The molecule has 8 heteroatoms. The number of methoxy groups -OCH3 is 1. The maximum absolute atomic E-state index is 13.0. The van der Waals surface area contributed by atoms with Gasteiger partial charge >= 0.3 is 0 Å². The van der Waals surface area contributed by atoms with Crippen molar-refractivity contribution in [2.45, 2.75) is 20.4 Å². The van der Waals surface area contributed by atoms with E-state index in [0.29, 0.717) is 15.6 Å². The third kappa shape index (κ3) is 4.17. The van der Waals surface area contributed by atoms with Gasteiger partial charge in [-0.3, -0.25) is 9.59 Å². The van der Waals surface area contributed by atoms with Gasteiger partial charge in [0.05, 0.1) is 7.11 Å². The average molecular weight is 414 g/mol. The monoisotopic (exact) mass is 414 g/mol. The zero-order valence-electron chi connectivity index (χ0n) is 16.4. The Kier molecular flexibility index (Phi) is 5.74. The van der Waals surface area contributed by atoms with Crippen LogP contribution in [0, 0.1) is 6.92 Å². The molecule has 1 heterocycles. The highest BCUT2D eigenvalue weighted by atomic mass is 32.2. The van der Waals surface area contributed by atoms with E-state index in [-0.39, 0.29) is 17.0 Å². The van der Waals surface area contributed by atoms with E-state index in [0.717, 1.165) is 11.1 Å². The number of hydrogen-bond acceptors (Lipinski definition) is 5. The Labute approximate surface area is 170 Å². The molecule has 1 aliphatic rings. The second kappa shape index (κ2) is 8.08. The summed E-state index contributed by atoms with van der Waals surface area (Å²) in [5, 5.41) is 2.66. The first-order valence-corrected chi connectivity index (χ1v) is 10.4. The number of carbonyl (C=O) groups is 2. The molecule has 0 saturated carbocycles. The van der Waals surface area contributed by atoms with Gasteiger partial charge in [0.15, 0.2) is 0 Å². The summed E-state index contributed by atoms with van der Waals surface area (Å²) in [7, 11) is -2.62. The quantitative estimate of drug-likeness (QED) is 0.782. The Morgan fingerprint density at radius 1 is 1.10 bits per heavy atom. The van der Waals surface area contributed by atoms with E-state index in [1.165, 1.54) is 14.0 Å². The van der Waals surface area contributed by atoms with Crippen molar-refractivity contribution in [1.82, 2.24) is 9.62 Å². The van der Waals surface area contributed by atoms with Crippen LogP contribution in [0.4, 0.5) is 0 Å². The van der Waals surface area contributed by atoms with Gasteiger partial charge in [0.25, 0.3) is 15.9 Å². The first-order valence-electron chi connectivity index (χ1n) is 8.98. The summed E-state index contributed by atoms with van der Waals surface area (Å²) in [4.78, 5) is 24.8. The number of hydrogen-bond donors (Lipinski definition) is 1. The smallest absolute Gasteiger partial charge is 0.268 e. The van der Waals surface area contributed by atoms with Crippen molar-refractivity contribution in [2.24, 2.45) is 0 Å². The molecule has 0 unspecified atom stereocenters. The summed E-state index contributed by atoms with van der Waals surface area (Å²) < 4.78 is 31.6. The van der Waals surface area contributed by atoms with Gasteiger partial charge < -0.3 is 10.1 Å². The summed E-state index contributed by atoms with van der Waals surface area (Å²) in [5.74, 6) is -0.671. The summed E-state index contributed by atoms with van der Waals surface area (Å²) in [6.45, 7) is 3.07. The largest absolute Gasteiger partial charge is 0.497 e. The molecule has 152 valence electrons. The van der Waals surface area contributed by atoms with Gasteiger partial charge in [0.1, 0.15) is 17.2 Å². The number of ether oxygens (including phenoxy) is 1. The van der Waals surface area contributed by atoms with Crippen molar-refractivity contribution >= 4 is 26.7 Å². The molecule has 29 heavy (non-hydrogen) atoms. The molecule has 0 fully saturated rings. The molecule has 7 nitrogen and oxygen atoms in total. The van der Waals surface area contributed by atoms with E-state index in [1.54, 1.807) is 24.3 Å².